The lowest BCUT2D eigenvalue weighted by Crippen LogP contribution is -2.52. The van der Waals surface area contributed by atoms with Crippen LogP contribution < -0.4 is 0 Å². The van der Waals surface area contributed by atoms with E-state index in [1.54, 1.807) is 5.57 Å². The fraction of sp³-hybridized carbons (Fsp3) is 0.593. The molecule has 3 nitrogen and oxygen atoms in total. The molecule has 0 radical (unpaired) electrons. The Kier molecular flexibility index (Phi) is 5.02. The minimum absolute atomic E-state index is 0.100. The molecule has 1 aromatic carbocycles. The number of oxime groups is 1. The fourth-order valence-electron chi connectivity index (χ4n) is 7.28. The zero-order chi connectivity index (χ0) is 20.8. The molecule has 0 aromatic heterocycles. The molecule has 0 aliphatic heterocycles. The first-order chi connectivity index (χ1) is 14.5. The Morgan fingerprint density at radius 3 is 2.73 bits per heavy atom. The number of fused-ring (bicyclic) bond motifs is 5. The number of hydrogen-bond acceptors (Lipinski definition) is 3. The number of nitrogens with zero attached hydrogens (tertiary/aromatic N) is 1. The molecular weight excluding hydrogens is 370 g/mol. The number of hydrogen-bond donors (Lipinski definition) is 1. The van der Waals surface area contributed by atoms with Crippen molar-refractivity contribution in [1.29, 1.82) is 0 Å². The van der Waals surface area contributed by atoms with Crippen molar-refractivity contribution in [2.45, 2.75) is 70.5 Å². The predicted octanol–water partition coefficient (Wildman–Crippen LogP) is 5.50. The Bertz CT molecular complexity index is 897. The molecule has 3 heteroatoms. The smallest absolute Gasteiger partial charge is 0.142 e. The van der Waals surface area contributed by atoms with Gasteiger partial charge < -0.3 is 9.94 Å². The van der Waals surface area contributed by atoms with E-state index in [1.807, 2.05) is 18.2 Å². The van der Waals surface area contributed by atoms with Crippen LogP contribution in [0.2, 0.25) is 0 Å². The largest absolute Gasteiger partial charge is 0.391 e. The summed E-state index contributed by atoms with van der Waals surface area (Å²) in [7, 11) is 0. The van der Waals surface area contributed by atoms with Crippen LogP contribution in [0, 0.1) is 41.4 Å². The first-order valence-electron chi connectivity index (χ1n) is 11.7. The van der Waals surface area contributed by atoms with E-state index in [4.69, 9.17) is 11.3 Å². The molecule has 0 saturated heterocycles. The molecule has 1 aromatic rings. The van der Waals surface area contributed by atoms with Crippen LogP contribution in [0.25, 0.3) is 0 Å². The molecule has 30 heavy (non-hydrogen) atoms. The van der Waals surface area contributed by atoms with Crippen molar-refractivity contribution in [2.75, 3.05) is 0 Å². The van der Waals surface area contributed by atoms with E-state index in [1.165, 1.54) is 19.3 Å². The highest BCUT2D eigenvalue weighted by Crippen LogP contribution is 2.64. The van der Waals surface area contributed by atoms with Crippen LogP contribution in [0.5, 0.6) is 0 Å². The van der Waals surface area contributed by atoms with Gasteiger partial charge in [-0.3, -0.25) is 0 Å². The van der Waals surface area contributed by atoms with Crippen molar-refractivity contribution in [3.63, 3.8) is 0 Å². The molecule has 4 aliphatic carbocycles. The van der Waals surface area contributed by atoms with Gasteiger partial charge in [-0.15, -0.1) is 6.42 Å². The predicted molar refractivity (Wildman–Crippen MR) is 120 cm³/mol. The summed E-state index contributed by atoms with van der Waals surface area (Å²) in [5.74, 6) is 5.49. The van der Waals surface area contributed by atoms with Crippen LogP contribution in [0.3, 0.4) is 0 Å². The van der Waals surface area contributed by atoms with E-state index in [0.29, 0.717) is 24.4 Å². The number of terminal acetylenes is 1. The second-order valence-electron chi connectivity index (χ2n) is 10.2. The minimum Gasteiger partial charge on any atom is -0.391 e. The fourth-order valence-corrected chi connectivity index (χ4v) is 7.28. The normalized spacial score (nSPS) is 41.2. The highest BCUT2D eigenvalue weighted by atomic mass is 16.6. The van der Waals surface area contributed by atoms with Crippen molar-refractivity contribution in [2.24, 2.45) is 34.2 Å². The van der Waals surface area contributed by atoms with Gasteiger partial charge in [0.05, 0.1) is 5.71 Å². The molecule has 5 rings (SSSR count). The quantitative estimate of drug-likeness (QED) is 0.535. The Labute approximate surface area is 180 Å². The van der Waals surface area contributed by atoms with E-state index >= 15 is 0 Å². The Balaban J connectivity index is 1.28. The average Bonchev–Trinajstić information content (AvgIpc) is 3.05. The van der Waals surface area contributed by atoms with E-state index in [2.05, 4.69) is 36.2 Å². The SMILES string of the molecule is C#C[C@]1(O)CC[C@H]2[C@@H]3CCC4=C/C(=N/OCc5ccccc5)CC[C@@H]4[C@H]3CC[C@@]21C. The average molecular weight is 404 g/mol. The van der Waals surface area contributed by atoms with Crippen LogP contribution in [0.15, 0.2) is 47.1 Å². The van der Waals surface area contributed by atoms with Gasteiger partial charge >= 0.3 is 0 Å². The van der Waals surface area contributed by atoms with Gasteiger partial charge in [0.15, 0.2) is 0 Å². The van der Waals surface area contributed by atoms with Gasteiger partial charge in [-0.2, -0.15) is 0 Å². The van der Waals surface area contributed by atoms with Crippen molar-refractivity contribution in [1.82, 2.24) is 0 Å². The number of rotatable bonds is 3. The van der Waals surface area contributed by atoms with Crippen LogP contribution in [-0.2, 0) is 11.4 Å². The minimum atomic E-state index is -0.902. The molecule has 6 atom stereocenters. The summed E-state index contributed by atoms with van der Waals surface area (Å²) < 4.78 is 0. The molecule has 3 saturated carbocycles. The van der Waals surface area contributed by atoms with Crippen LogP contribution in [0.4, 0.5) is 0 Å². The summed E-state index contributed by atoms with van der Waals surface area (Å²) in [5, 5.41) is 15.6. The lowest BCUT2D eigenvalue weighted by molar-refractivity contribution is -0.0852. The lowest BCUT2D eigenvalue weighted by Gasteiger charge is -2.54. The Morgan fingerprint density at radius 1 is 1.10 bits per heavy atom. The summed E-state index contributed by atoms with van der Waals surface area (Å²) in [4.78, 5) is 5.65. The summed E-state index contributed by atoms with van der Waals surface area (Å²) >= 11 is 0. The first-order valence-corrected chi connectivity index (χ1v) is 11.7. The van der Waals surface area contributed by atoms with E-state index < -0.39 is 5.60 Å². The zero-order valence-corrected chi connectivity index (χ0v) is 18.0. The summed E-state index contributed by atoms with van der Waals surface area (Å²) in [6, 6.07) is 10.2. The maximum absolute atomic E-state index is 11.1. The summed E-state index contributed by atoms with van der Waals surface area (Å²) in [6.45, 7) is 2.79. The number of aliphatic hydroxyl groups is 1. The second-order valence-corrected chi connectivity index (χ2v) is 10.2. The molecule has 0 bridgehead atoms. The lowest BCUT2D eigenvalue weighted by atomic mass is 9.50. The highest BCUT2D eigenvalue weighted by molar-refractivity contribution is 5.96. The van der Waals surface area contributed by atoms with Gasteiger partial charge in [0.1, 0.15) is 12.2 Å². The van der Waals surface area contributed by atoms with Crippen LogP contribution in [-0.4, -0.2) is 16.4 Å². The van der Waals surface area contributed by atoms with E-state index in [-0.39, 0.29) is 5.41 Å². The number of benzene rings is 1. The van der Waals surface area contributed by atoms with Crippen LogP contribution >= 0.6 is 0 Å². The van der Waals surface area contributed by atoms with Gasteiger partial charge in [0.2, 0.25) is 0 Å². The Hall–Kier alpha value is -2.05. The third kappa shape index (κ3) is 3.12. The molecule has 4 aliphatic rings. The van der Waals surface area contributed by atoms with Gasteiger partial charge in [0, 0.05) is 5.41 Å². The Morgan fingerprint density at radius 2 is 1.93 bits per heavy atom. The number of allylic oxidation sites excluding steroid dienone is 2. The van der Waals surface area contributed by atoms with Gasteiger partial charge in [-0.05, 0) is 86.7 Å². The molecule has 0 heterocycles. The van der Waals surface area contributed by atoms with E-state index in [0.717, 1.165) is 49.3 Å². The molecule has 0 amide bonds. The molecular formula is C27H33NO2. The first kappa shape index (κ1) is 19.9. The van der Waals surface area contributed by atoms with Gasteiger partial charge in [0.25, 0.3) is 0 Å². The van der Waals surface area contributed by atoms with Crippen LogP contribution in [0.1, 0.15) is 63.9 Å². The molecule has 158 valence electrons. The molecule has 3 fully saturated rings. The molecule has 0 unspecified atom stereocenters. The van der Waals surface area contributed by atoms with Crippen molar-refractivity contribution in [3.8, 4) is 12.3 Å². The van der Waals surface area contributed by atoms with E-state index in [9.17, 15) is 5.11 Å². The van der Waals surface area contributed by atoms with Crippen molar-refractivity contribution >= 4 is 5.71 Å². The van der Waals surface area contributed by atoms with Gasteiger partial charge in [-0.1, -0.05) is 53.9 Å². The molecule has 1 N–H and O–H groups in total. The standard InChI is InChI=1S/C27H33NO2/c1-3-27(29)16-14-25-24-11-9-20-17-21(28-30-18-19-7-5-4-6-8-19)10-12-22(20)23(24)13-15-26(25,27)2/h1,4-8,17,22-25,29H,9-16,18H2,2H3/b28-21+/t22-,23+,24+,25-,26-,27-/m0/s1. The maximum Gasteiger partial charge on any atom is 0.142 e. The van der Waals surface area contributed by atoms with Gasteiger partial charge in [-0.25, -0.2) is 0 Å². The summed E-state index contributed by atoms with van der Waals surface area (Å²) in [5.41, 5.74) is 2.83. The zero-order valence-electron chi connectivity index (χ0n) is 18.0. The summed E-state index contributed by atoms with van der Waals surface area (Å²) in [6.07, 6.45) is 16.8. The maximum atomic E-state index is 11.1. The topological polar surface area (TPSA) is 41.8 Å². The van der Waals surface area contributed by atoms with Crippen molar-refractivity contribution in [3.05, 3.63) is 47.5 Å². The van der Waals surface area contributed by atoms with Crippen molar-refractivity contribution < 1.29 is 9.94 Å². The highest BCUT2D eigenvalue weighted by Gasteiger charge is 2.61. The third-order valence-corrected chi connectivity index (χ3v) is 8.96. The third-order valence-electron chi connectivity index (χ3n) is 8.96. The monoisotopic (exact) mass is 403 g/mol. The second kappa shape index (κ2) is 7.57. The molecule has 0 spiro atoms.